The van der Waals surface area contributed by atoms with Crippen molar-refractivity contribution in [1.82, 2.24) is 14.8 Å². The monoisotopic (exact) mass is 453 g/mol. The molecule has 2 heterocycles. The minimum Gasteiger partial charge on any atom is -0.495 e. The van der Waals surface area contributed by atoms with Gasteiger partial charge in [-0.15, -0.1) is 21.5 Å². The highest BCUT2D eigenvalue weighted by atomic mass is 32.2. The fourth-order valence-electron chi connectivity index (χ4n) is 2.57. The van der Waals surface area contributed by atoms with Crippen LogP contribution in [-0.4, -0.2) is 42.0 Å². The summed E-state index contributed by atoms with van der Waals surface area (Å²) < 4.78 is 30.3. The Bertz CT molecular complexity index is 1110. The summed E-state index contributed by atoms with van der Waals surface area (Å²) in [6, 6.07) is 8.15. The van der Waals surface area contributed by atoms with Gasteiger partial charge in [0.25, 0.3) is 0 Å². The third-order valence-electron chi connectivity index (χ3n) is 3.86. The summed E-state index contributed by atoms with van der Waals surface area (Å²) in [6.45, 7) is 2.65. The van der Waals surface area contributed by atoms with Gasteiger partial charge >= 0.3 is 0 Å². The molecule has 1 amide bonds. The highest BCUT2D eigenvalue weighted by Crippen LogP contribution is 2.28. The van der Waals surface area contributed by atoms with E-state index in [-0.39, 0.29) is 22.3 Å². The first-order valence-electron chi connectivity index (χ1n) is 8.44. The number of nitrogens with one attached hydrogen (secondary N) is 1. The van der Waals surface area contributed by atoms with Gasteiger partial charge < -0.3 is 14.6 Å². The largest absolute Gasteiger partial charge is 0.495 e. The minimum absolute atomic E-state index is 0.0827. The van der Waals surface area contributed by atoms with E-state index < -0.39 is 10.0 Å². The molecule has 0 saturated heterocycles. The van der Waals surface area contributed by atoms with Gasteiger partial charge in [-0.05, 0) is 36.6 Å². The van der Waals surface area contributed by atoms with Gasteiger partial charge in [0.15, 0.2) is 11.0 Å². The van der Waals surface area contributed by atoms with Gasteiger partial charge in [-0.25, -0.2) is 13.6 Å². The molecule has 2 aromatic heterocycles. The van der Waals surface area contributed by atoms with Crippen LogP contribution in [0.1, 0.15) is 6.92 Å². The Balaban J connectivity index is 1.70. The lowest BCUT2D eigenvalue weighted by Gasteiger charge is -2.10. The van der Waals surface area contributed by atoms with E-state index >= 15 is 0 Å². The number of nitrogens with two attached hydrogens (primary N) is 1. The number of amides is 1. The maximum absolute atomic E-state index is 12.3. The van der Waals surface area contributed by atoms with Crippen molar-refractivity contribution in [2.75, 3.05) is 18.2 Å². The van der Waals surface area contributed by atoms with Crippen LogP contribution in [0.3, 0.4) is 0 Å². The zero-order valence-electron chi connectivity index (χ0n) is 15.7. The molecular formula is C17H19N5O4S3. The van der Waals surface area contributed by atoms with Crippen LogP contribution in [0.25, 0.3) is 10.7 Å². The third kappa shape index (κ3) is 4.96. The molecule has 0 atom stereocenters. The van der Waals surface area contributed by atoms with Crippen molar-refractivity contribution in [2.45, 2.75) is 23.5 Å². The fourth-order valence-corrected chi connectivity index (χ4v) is 4.82. The number of nitrogens with zero attached hydrogens (tertiary/aromatic N) is 3. The number of methoxy groups -OCH3 is 1. The topological polar surface area (TPSA) is 129 Å². The molecule has 0 bridgehead atoms. The second kappa shape index (κ2) is 8.95. The van der Waals surface area contributed by atoms with Gasteiger partial charge in [-0.1, -0.05) is 17.8 Å². The molecule has 3 aromatic rings. The Morgan fingerprint density at radius 2 is 2.14 bits per heavy atom. The standard InChI is InChI=1S/C17H19N5O4S3/c1-3-22-16(13-5-4-8-27-13)20-21-17(22)28-10-15(23)19-11-6-7-12(26-2)14(9-11)29(18,24)25/h4-9H,3,10H2,1-2H3,(H,19,23)(H2,18,24,25). The molecule has 0 saturated carbocycles. The van der Waals surface area contributed by atoms with Crippen molar-refractivity contribution in [3.63, 3.8) is 0 Å². The predicted octanol–water partition coefficient (Wildman–Crippen LogP) is 2.41. The van der Waals surface area contributed by atoms with Gasteiger partial charge in [0, 0.05) is 12.2 Å². The first kappa shape index (κ1) is 21.3. The normalized spacial score (nSPS) is 11.4. The Kier molecular flexibility index (Phi) is 6.57. The van der Waals surface area contributed by atoms with Crippen LogP contribution in [-0.2, 0) is 21.4 Å². The van der Waals surface area contributed by atoms with E-state index in [2.05, 4.69) is 15.5 Å². The summed E-state index contributed by atoms with van der Waals surface area (Å²) in [6.07, 6.45) is 0. The van der Waals surface area contributed by atoms with E-state index in [1.54, 1.807) is 17.4 Å². The highest BCUT2D eigenvalue weighted by molar-refractivity contribution is 7.99. The number of sulfonamides is 1. The molecule has 3 N–H and O–H groups in total. The summed E-state index contributed by atoms with van der Waals surface area (Å²) >= 11 is 2.82. The van der Waals surface area contributed by atoms with Crippen LogP contribution in [0.15, 0.2) is 45.8 Å². The molecule has 12 heteroatoms. The van der Waals surface area contributed by atoms with Gasteiger partial charge in [-0.3, -0.25) is 4.79 Å². The van der Waals surface area contributed by atoms with E-state index in [4.69, 9.17) is 9.88 Å². The number of ether oxygens (including phenoxy) is 1. The lowest BCUT2D eigenvalue weighted by molar-refractivity contribution is -0.113. The first-order valence-corrected chi connectivity index (χ1v) is 11.8. The van der Waals surface area contributed by atoms with Crippen molar-refractivity contribution in [3.05, 3.63) is 35.7 Å². The fraction of sp³-hybridized carbons (Fsp3) is 0.235. The van der Waals surface area contributed by atoms with Crippen LogP contribution < -0.4 is 15.2 Å². The number of thioether (sulfide) groups is 1. The average molecular weight is 454 g/mol. The molecule has 0 aliphatic heterocycles. The Labute approximate surface area is 176 Å². The maximum Gasteiger partial charge on any atom is 0.241 e. The molecule has 0 radical (unpaired) electrons. The van der Waals surface area contributed by atoms with Crippen LogP contribution >= 0.6 is 23.1 Å². The number of carbonyl (C=O) groups excluding carboxylic acids is 1. The average Bonchev–Trinajstić information content (AvgIpc) is 3.34. The quantitative estimate of drug-likeness (QED) is 0.501. The molecule has 9 nitrogen and oxygen atoms in total. The number of rotatable bonds is 8. The van der Waals surface area contributed by atoms with Crippen molar-refractivity contribution < 1.29 is 17.9 Å². The van der Waals surface area contributed by atoms with Crippen LogP contribution in [0.5, 0.6) is 5.75 Å². The van der Waals surface area contributed by atoms with E-state index in [0.717, 1.165) is 10.7 Å². The molecule has 0 unspecified atom stereocenters. The molecule has 154 valence electrons. The van der Waals surface area contributed by atoms with Crippen molar-refractivity contribution in [3.8, 4) is 16.5 Å². The molecule has 1 aromatic carbocycles. The third-order valence-corrected chi connectivity index (χ3v) is 6.63. The van der Waals surface area contributed by atoms with Gasteiger partial charge in [-0.2, -0.15) is 0 Å². The number of aromatic nitrogens is 3. The van der Waals surface area contributed by atoms with Crippen LogP contribution in [0.4, 0.5) is 5.69 Å². The number of anilines is 1. The van der Waals surface area contributed by atoms with Gasteiger partial charge in [0.2, 0.25) is 15.9 Å². The van der Waals surface area contributed by atoms with E-state index in [0.29, 0.717) is 17.4 Å². The van der Waals surface area contributed by atoms with Gasteiger partial charge in [0.1, 0.15) is 10.6 Å². The number of hydrogen-bond acceptors (Lipinski definition) is 8. The molecular weight excluding hydrogens is 434 g/mol. The molecule has 0 aliphatic carbocycles. The minimum atomic E-state index is -3.99. The van der Waals surface area contributed by atoms with Crippen LogP contribution in [0.2, 0.25) is 0 Å². The highest BCUT2D eigenvalue weighted by Gasteiger charge is 2.18. The van der Waals surface area contributed by atoms with Crippen molar-refractivity contribution in [1.29, 1.82) is 0 Å². The number of benzene rings is 1. The zero-order valence-corrected chi connectivity index (χ0v) is 18.1. The molecule has 0 spiro atoms. The Morgan fingerprint density at radius 3 is 2.76 bits per heavy atom. The maximum atomic E-state index is 12.3. The molecule has 29 heavy (non-hydrogen) atoms. The Morgan fingerprint density at radius 1 is 1.34 bits per heavy atom. The second-order valence-electron chi connectivity index (χ2n) is 5.78. The van der Waals surface area contributed by atoms with Crippen LogP contribution in [0, 0.1) is 0 Å². The predicted molar refractivity (Wildman–Crippen MR) is 113 cm³/mol. The SMILES string of the molecule is CCn1c(SCC(=O)Nc2ccc(OC)c(S(N)(=O)=O)c2)nnc1-c1cccs1. The Hall–Kier alpha value is -2.41. The summed E-state index contributed by atoms with van der Waals surface area (Å²) in [5, 5.41) is 18.9. The summed E-state index contributed by atoms with van der Waals surface area (Å²) in [5.74, 6) is 0.638. The number of primary sulfonamides is 1. The van der Waals surface area contributed by atoms with Crippen molar-refractivity contribution >= 4 is 44.7 Å². The molecule has 3 rings (SSSR count). The first-order chi connectivity index (χ1) is 13.8. The molecule has 0 aliphatic rings. The summed E-state index contributed by atoms with van der Waals surface area (Å²) in [5.41, 5.74) is 0.302. The molecule has 0 fully saturated rings. The smallest absolute Gasteiger partial charge is 0.241 e. The van der Waals surface area contributed by atoms with E-state index in [1.807, 2.05) is 29.0 Å². The lowest BCUT2D eigenvalue weighted by atomic mass is 10.3. The zero-order chi connectivity index (χ0) is 21.0. The summed E-state index contributed by atoms with van der Waals surface area (Å²) in [4.78, 5) is 13.1. The lowest BCUT2D eigenvalue weighted by Crippen LogP contribution is -2.17. The summed E-state index contributed by atoms with van der Waals surface area (Å²) in [7, 11) is -2.65. The number of hydrogen-bond donors (Lipinski definition) is 2. The van der Waals surface area contributed by atoms with E-state index in [1.165, 1.54) is 31.0 Å². The number of carbonyl (C=O) groups is 1. The van der Waals surface area contributed by atoms with Gasteiger partial charge in [0.05, 0.1) is 17.7 Å². The van der Waals surface area contributed by atoms with Crippen molar-refractivity contribution in [2.24, 2.45) is 5.14 Å². The van der Waals surface area contributed by atoms with E-state index in [9.17, 15) is 13.2 Å². The second-order valence-corrected chi connectivity index (χ2v) is 9.20. The number of thiophene rings is 1.